The van der Waals surface area contributed by atoms with E-state index in [1.807, 2.05) is 0 Å². The van der Waals surface area contributed by atoms with Crippen molar-refractivity contribution in [1.82, 2.24) is 9.62 Å². The average Bonchev–Trinajstić information content (AvgIpc) is 2.83. The minimum absolute atomic E-state index is 0.124. The number of hydrogen-bond acceptors (Lipinski definition) is 5. The molecule has 22 heavy (non-hydrogen) atoms. The number of carbonyl (C=O) groups excluding carboxylic acids is 2. The fourth-order valence-corrected chi connectivity index (χ4v) is 3.10. The molecule has 1 saturated heterocycles. The maximum Gasteiger partial charge on any atom is 0.240 e. The number of benzene rings is 1. The Kier molecular flexibility index (Phi) is 5.64. The lowest BCUT2D eigenvalue weighted by atomic mass is 10.4. The predicted octanol–water partition coefficient (Wildman–Crippen LogP) is 0.131. The standard InChI is InChI=1S/C14H18N2O5S/c17-13-6-7-14(18)16(13)9-11-21-10-8-15-22(19,20)12-4-2-1-3-5-12/h1-5,15H,6-11H2. The highest BCUT2D eigenvalue weighted by atomic mass is 32.2. The van der Waals surface area contributed by atoms with Gasteiger partial charge in [-0.15, -0.1) is 0 Å². The number of amides is 2. The number of hydrogen-bond donors (Lipinski definition) is 1. The first kappa shape index (κ1) is 16.6. The van der Waals surface area contributed by atoms with Crippen LogP contribution in [0, 0.1) is 0 Å². The fraction of sp³-hybridized carbons (Fsp3) is 0.429. The van der Waals surface area contributed by atoms with Gasteiger partial charge in [-0.25, -0.2) is 13.1 Å². The molecule has 1 aromatic rings. The molecule has 1 N–H and O–H groups in total. The Balaban J connectivity index is 1.65. The maximum absolute atomic E-state index is 11.9. The zero-order chi connectivity index (χ0) is 16.0. The van der Waals surface area contributed by atoms with E-state index in [1.165, 1.54) is 17.0 Å². The van der Waals surface area contributed by atoms with Crippen LogP contribution in [0.5, 0.6) is 0 Å². The van der Waals surface area contributed by atoms with Crippen LogP contribution in [-0.2, 0) is 24.3 Å². The molecule has 1 aliphatic heterocycles. The van der Waals surface area contributed by atoms with Gasteiger partial charge in [0.15, 0.2) is 0 Å². The topological polar surface area (TPSA) is 92.8 Å². The maximum atomic E-state index is 11.9. The zero-order valence-electron chi connectivity index (χ0n) is 12.0. The van der Waals surface area contributed by atoms with Crippen molar-refractivity contribution in [2.45, 2.75) is 17.7 Å². The Hall–Kier alpha value is -1.77. The monoisotopic (exact) mass is 326 g/mol. The molecule has 1 heterocycles. The van der Waals surface area contributed by atoms with Crippen LogP contribution in [-0.4, -0.2) is 51.4 Å². The van der Waals surface area contributed by atoms with Crippen molar-refractivity contribution >= 4 is 21.8 Å². The number of sulfonamides is 1. The summed E-state index contributed by atoms with van der Waals surface area (Å²) in [5, 5.41) is 0. The summed E-state index contributed by atoms with van der Waals surface area (Å²) in [6, 6.07) is 8.05. The second kappa shape index (κ2) is 7.48. The summed E-state index contributed by atoms with van der Waals surface area (Å²) < 4.78 is 31.5. The minimum Gasteiger partial charge on any atom is -0.378 e. The van der Waals surface area contributed by atoms with E-state index in [0.29, 0.717) is 0 Å². The van der Waals surface area contributed by atoms with Crippen LogP contribution in [0.1, 0.15) is 12.8 Å². The summed E-state index contributed by atoms with van der Waals surface area (Å²) in [4.78, 5) is 24.1. The normalized spacial score (nSPS) is 15.5. The molecule has 0 saturated carbocycles. The summed E-state index contributed by atoms with van der Waals surface area (Å²) in [6.07, 6.45) is 0.519. The van der Waals surface area contributed by atoms with E-state index >= 15 is 0 Å². The Labute approximate surface area is 129 Å². The van der Waals surface area contributed by atoms with Gasteiger partial charge in [-0.2, -0.15) is 0 Å². The first-order valence-corrected chi connectivity index (χ1v) is 8.45. The number of imide groups is 1. The first-order chi connectivity index (χ1) is 10.5. The number of nitrogens with zero attached hydrogens (tertiary/aromatic N) is 1. The van der Waals surface area contributed by atoms with Crippen molar-refractivity contribution in [1.29, 1.82) is 0 Å². The van der Waals surface area contributed by atoms with Crippen LogP contribution in [0.2, 0.25) is 0 Å². The van der Waals surface area contributed by atoms with Crippen molar-refractivity contribution in [3.05, 3.63) is 30.3 Å². The lowest BCUT2D eigenvalue weighted by Crippen LogP contribution is -2.33. The number of ether oxygens (including phenoxy) is 1. The van der Waals surface area contributed by atoms with E-state index in [0.717, 1.165) is 0 Å². The minimum atomic E-state index is -3.53. The SMILES string of the molecule is O=C1CCC(=O)N1CCOCCNS(=O)(=O)c1ccccc1. The fourth-order valence-electron chi connectivity index (χ4n) is 2.06. The van der Waals surface area contributed by atoms with Gasteiger partial charge < -0.3 is 4.74 Å². The third kappa shape index (κ3) is 4.36. The van der Waals surface area contributed by atoms with Crippen molar-refractivity contribution in [2.75, 3.05) is 26.3 Å². The van der Waals surface area contributed by atoms with Crippen LogP contribution >= 0.6 is 0 Å². The van der Waals surface area contributed by atoms with Gasteiger partial charge in [-0.3, -0.25) is 14.5 Å². The molecule has 0 bridgehead atoms. The molecule has 2 rings (SSSR count). The molecule has 1 aliphatic rings. The molecule has 0 radical (unpaired) electrons. The lowest BCUT2D eigenvalue weighted by molar-refractivity contribution is -0.139. The second-order valence-corrected chi connectivity index (χ2v) is 6.53. The Morgan fingerprint density at radius 2 is 1.68 bits per heavy atom. The quantitative estimate of drug-likeness (QED) is 0.541. The van der Waals surface area contributed by atoms with Crippen LogP contribution in [0.15, 0.2) is 35.2 Å². The molecule has 0 aromatic heterocycles. The van der Waals surface area contributed by atoms with Gasteiger partial charge in [0.1, 0.15) is 0 Å². The van der Waals surface area contributed by atoms with Gasteiger partial charge in [0.2, 0.25) is 21.8 Å². The Morgan fingerprint density at radius 1 is 1.05 bits per heavy atom. The van der Waals surface area contributed by atoms with Crippen LogP contribution in [0.3, 0.4) is 0 Å². The molecule has 0 spiro atoms. The molecule has 0 atom stereocenters. The van der Waals surface area contributed by atoms with Gasteiger partial charge in [-0.05, 0) is 12.1 Å². The molecule has 8 heteroatoms. The average molecular weight is 326 g/mol. The highest BCUT2D eigenvalue weighted by Crippen LogP contribution is 2.10. The van der Waals surface area contributed by atoms with Gasteiger partial charge >= 0.3 is 0 Å². The Morgan fingerprint density at radius 3 is 2.32 bits per heavy atom. The third-order valence-corrected chi connectivity index (χ3v) is 4.68. The summed E-state index contributed by atoms with van der Waals surface area (Å²) in [7, 11) is -3.53. The molecule has 120 valence electrons. The molecular formula is C14H18N2O5S. The third-order valence-electron chi connectivity index (χ3n) is 3.21. The molecule has 1 aromatic carbocycles. The molecule has 7 nitrogen and oxygen atoms in total. The Bertz CT molecular complexity index is 614. The summed E-state index contributed by atoms with van der Waals surface area (Å²) in [5.74, 6) is -0.364. The van der Waals surface area contributed by atoms with Gasteiger partial charge in [0.05, 0.1) is 24.7 Å². The smallest absolute Gasteiger partial charge is 0.240 e. The molecule has 0 aliphatic carbocycles. The number of rotatable bonds is 8. The predicted molar refractivity (Wildman–Crippen MR) is 78.4 cm³/mol. The zero-order valence-corrected chi connectivity index (χ0v) is 12.8. The first-order valence-electron chi connectivity index (χ1n) is 6.96. The molecule has 1 fully saturated rings. The van der Waals surface area contributed by atoms with Crippen LogP contribution in [0.25, 0.3) is 0 Å². The van der Waals surface area contributed by atoms with Gasteiger partial charge in [-0.1, -0.05) is 18.2 Å². The van der Waals surface area contributed by atoms with E-state index in [1.54, 1.807) is 18.2 Å². The van der Waals surface area contributed by atoms with Crippen molar-refractivity contribution in [3.63, 3.8) is 0 Å². The van der Waals surface area contributed by atoms with Gasteiger partial charge in [0.25, 0.3) is 0 Å². The molecule has 0 unspecified atom stereocenters. The highest BCUT2D eigenvalue weighted by molar-refractivity contribution is 7.89. The molecular weight excluding hydrogens is 308 g/mol. The van der Waals surface area contributed by atoms with Crippen molar-refractivity contribution in [3.8, 4) is 0 Å². The number of carbonyl (C=O) groups is 2. The van der Waals surface area contributed by atoms with Crippen LogP contribution < -0.4 is 4.72 Å². The summed E-state index contributed by atoms with van der Waals surface area (Å²) in [6.45, 7) is 0.703. The van der Waals surface area contributed by atoms with E-state index < -0.39 is 10.0 Å². The number of likely N-dealkylation sites (tertiary alicyclic amines) is 1. The van der Waals surface area contributed by atoms with E-state index in [9.17, 15) is 18.0 Å². The van der Waals surface area contributed by atoms with Gasteiger partial charge in [0, 0.05) is 19.4 Å². The lowest BCUT2D eigenvalue weighted by Gasteiger charge is -2.13. The summed E-state index contributed by atoms with van der Waals surface area (Å²) >= 11 is 0. The van der Waals surface area contributed by atoms with Crippen molar-refractivity contribution in [2.24, 2.45) is 0 Å². The largest absolute Gasteiger partial charge is 0.378 e. The highest BCUT2D eigenvalue weighted by Gasteiger charge is 2.28. The van der Waals surface area contributed by atoms with Crippen molar-refractivity contribution < 1.29 is 22.7 Å². The molecule has 2 amide bonds. The second-order valence-electron chi connectivity index (χ2n) is 4.76. The summed E-state index contributed by atoms with van der Waals surface area (Å²) in [5.41, 5.74) is 0. The van der Waals surface area contributed by atoms with E-state index in [4.69, 9.17) is 4.74 Å². The number of nitrogens with one attached hydrogen (secondary N) is 1. The van der Waals surface area contributed by atoms with E-state index in [2.05, 4.69) is 4.72 Å². The van der Waals surface area contributed by atoms with E-state index in [-0.39, 0.29) is 55.9 Å². The van der Waals surface area contributed by atoms with Crippen LogP contribution in [0.4, 0.5) is 0 Å².